The first-order valence-electron chi connectivity index (χ1n) is 9.86. The highest BCUT2D eigenvalue weighted by Gasteiger charge is 2.20. The Hall–Kier alpha value is -2.54. The second-order valence-electron chi connectivity index (χ2n) is 7.53. The van der Waals surface area contributed by atoms with E-state index in [1.165, 1.54) is 12.1 Å². The van der Waals surface area contributed by atoms with E-state index in [0.29, 0.717) is 24.7 Å². The quantitative estimate of drug-likeness (QED) is 0.828. The molecule has 28 heavy (non-hydrogen) atoms. The van der Waals surface area contributed by atoms with Gasteiger partial charge in [0.1, 0.15) is 5.82 Å². The van der Waals surface area contributed by atoms with Crippen molar-refractivity contribution in [2.75, 3.05) is 44.2 Å². The number of anilines is 1. The normalized spacial score (nSPS) is 15.0. The Morgan fingerprint density at radius 1 is 1.07 bits per heavy atom. The number of nitrogens with zero attached hydrogens (tertiary/aromatic N) is 4. The summed E-state index contributed by atoms with van der Waals surface area (Å²) in [4.78, 5) is 16.5. The molecular weight excluding hydrogens is 357 g/mol. The Morgan fingerprint density at radius 2 is 1.86 bits per heavy atom. The molecule has 1 saturated heterocycles. The van der Waals surface area contributed by atoms with Crippen molar-refractivity contribution in [3.05, 3.63) is 42.2 Å². The molecule has 1 aromatic heterocycles. The Balaban J connectivity index is 1.56. The number of hydrogen-bond acceptors (Lipinski definition) is 5. The molecule has 150 valence electrons. The van der Waals surface area contributed by atoms with Crippen LogP contribution in [-0.4, -0.2) is 60.3 Å². The average Bonchev–Trinajstić information content (AvgIpc) is 2.95. The first-order chi connectivity index (χ1) is 13.5. The number of nitrogens with one attached hydrogen (secondary N) is 1. The third-order valence-electron chi connectivity index (χ3n) is 4.79. The highest BCUT2D eigenvalue weighted by Crippen LogP contribution is 2.19. The molecule has 0 atom stereocenters. The largest absolute Gasteiger partial charge is 0.353 e. The van der Waals surface area contributed by atoms with E-state index in [0.717, 1.165) is 44.0 Å². The minimum absolute atomic E-state index is 0.153. The second-order valence-corrected chi connectivity index (χ2v) is 7.53. The fraction of sp³-hybridized carbons (Fsp3) is 0.476. The summed E-state index contributed by atoms with van der Waals surface area (Å²) < 4.78 is 13.1. The lowest BCUT2D eigenvalue weighted by molar-refractivity contribution is -0.130. The molecule has 1 aliphatic heterocycles. The minimum Gasteiger partial charge on any atom is -0.353 e. The minimum atomic E-state index is -0.267. The van der Waals surface area contributed by atoms with Crippen LogP contribution in [0.3, 0.4) is 0 Å². The van der Waals surface area contributed by atoms with Crippen LogP contribution in [0, 0.1) is 11.7 Å². The van der Waals surface area contributed by atoms with E-state index in [1.54, 1.807) is 12.1 Å². The summed E-state index contributed by atoms with van der Waals surface area (Å²) in [5.41, 5.74) is 1.55. The Morgan fingerprint density at radius 3 is 2.54 bits per heavy atom. The summed E-state index contributed by atoms with van der Waals surface area (Å²) in [7, 11) is 0. The van der Waals surface area contributed by atoms with Gasteiger partial charge in [-0.25, -0.2) is 4.39 Å². The highest BCUT2D eigenvalue weighted by molar-refractivity contribution is 5.78. The number of amides is 1. The molecule has 1 N–H and O–H groups in total. The Labute approximate surface area is 165 Å². The molecule has 1 amide bonds. The molecule has 0 spiro atoms. The van der Waals surface area contributed by atoms with Gasteiger partial charge >= 0.3 is 0 Å². The van der Waals surface area contributed by atoms with Gasteiger partial charge < -0.3 is 15.1 Å². The first kappa shape index (κ1) is 20.2. The number of aromatic nitrogens is 2. The van der Waals surface area contributed by atoms with Gasteiger partial charge in [-0.15, -0.1) is 10.2 Å². The van der Waals surface area contributed by atoms with Crippen molar-refractivity contribution in [2.45, 2.75) is 20.3 Å². The van der Waals surface area contributed by atoms with Gasteiger partial charge in [-0.2, -0.15) is 0 Å². The maximum absolute atomic E-state index is 13.1. The van der Waals surface area contributed by atoms with Crippen LogP contribution in [0.1, 0.15) is 20.3 Å². The molecule has 2 aromatic rings. The van der Waals surface area contributed by atoms with E-state index in [9.17, 15) is 9.18 Å². The fourth-order valence-corrected chi connectivity index (χ4v) is 3.24. The maximum Gasteiger partial charge on any atom is 0.236 e. The molecule has 2 heterocycles. The summed E-state index contributed by atoms with van der Waals surface area (Å²) in [5.74, 6) is 1.22. The van der Waals surface area contributed by atoms with Crippen molar-refractivity contribution < 1.29 is 9.18 Å². The van der Waals surface area contributed by atoms with Crippen LogP contribution in [0.15, 0.2) is 36.4 Å². The molecular formula is C21H28FN5O. The van der Waals surface area contributed by atoms with Gasteiger partial charge in [-0.05, 0) is 55.3 Å². The van der Waals surface area contributed by atoms with Gasteiger partial charge in [0, 0.05) is 31.7 Å². The third-order valence-corrected chi connectivity index (χ3v) is 4.79. The predicted octanol–water partition coefficient (Wildman–Crippen LogP) is 2.57. The van der Waals surface area contributed by atoms with Crippen molar-refractivity contribution in [3.63, 3.8) is 0 Å². The van der Waals surface area contributed by atoms with E-state index in [4.69, 9.17) is 0 Å². The van der Waals surface area contributed by atoms with Crippen molar-refractivity contribution in [1.29, 1.82) is 0 Å². The lowest BCUT2D eigenvalue weighted by atomic mass is 10.1. The monoisotopic (exact) mass is 385 g/mol. The van der Waals surface area contributed by atoms with Gasteiger partial charge in [-0.1, -0.05) is 13.8 Å². The molecule has 3 rings (SSSR count). The lowest BCUT2D eigenvalue weighted by Crippen LogP contribution is -2.41. The summed E-state index contributed by atoms with van der Waals surface area (Å²) in [6, 6.07) is 10.1. The van der Waals surface area contributed by atoms with Crippen LogP contribution in [0.2, 0.25) is 0 Å². The standard InChI is InChI=1S/C21H28FN5O/c1-16(2)14-23-15-21(28)27-11-3-10-26(12-13-27)20-9-8-19(24-25-20)17-4-6-18(22)7-5-17/h4-9,16,23H,3,10-15H2,1-2H3. The Kier molecular flexibility index (Phi) is 6.92. The molecule has 1 fully saturated rings. The van der Waals surface area contributed by atoms with Crippen LogP contribution in [0.4, 0.5) is 10.2 Å². The number of hydrogen-bond donors (Lipinski definition) is 1. The fourth-order valence-electron chi connectivity index (χ4n) is 3.24. The molecule has 1 aliphatic rings. The second kappa shape index (κ2) is 9.59. The van der Waals surface area contributed by atoms with Crippen molar-refractivity contribution >= 4 is 11.7 Å². The number of halogens is 1. The molecule has 0 aliphatic carbocycles. The van der Waals surface area contributed by atoms with Crippen LogP contribution in [-0.2, 0) is 4.79 Å². The number of rotatable bonds is 6. The zero-order valence-electron chi connectivity index (χ0n) is 16.6. The molecule has 0 bridgehead atoms. The van der Waals surface area contributed by atoms with E-state index in [2.05, 4.69) is 34.3 Å². The maximum atomic E-state index is 13.1. The first-order valence-corrected chi connectivity index (χ1v) is 9.86. The predicted molar refractivity (Wildman–Crippen MR) is 109 cm³/mol. The molecule has 0 unspecified atom stereocenters. The topological polar surface area (TPSA) is 61.4 Å². The summed E-state index contributed by atoms with van der Waals surface area (Å²) in [6.07, 6.45) is 0.900. The van der Waals surface area contributed by atoms with Crippen molar-refractivity contribution in [2.24, 2.45) is 5.92 Å². The zero-order chi connectivity index (χ0) is 19.9. The number of carbonyl (C=O) groups is 1. The summed E-state index contributed by atoms with van der Waals surface area (Å²) >= 11 is 0. The summed E-state index contributed by atoms with van der Waals surface area (Å²) in [6.45, 7) is 8.52. The van der Waals surface area contributed by atoms with E-state index in [-0.39, 0.29) is 11.7 Å². The van der Waals surface area contributed by atoms with Gasteiger partial charge in [0.2, 0.25) is 5.91 Å². The van der Waals surface area contributed by atoms with Crippen LogP contribution in [0.25, 0.3) is 11.3 Å². The van der Waals surface area contributed by atoms with E-state index in [1.807, 2.05) is 17.0 Å². The third kappa shape index (κ3) is 5.48. The molecule has 0 saturated carbocycles. The number of benzene rings is 1. The zero-order valence-corrected chi connectivity index (χ0v) is 16.6. The lowest BCUT2D eigenvalue weighted by Gasteiger charge is -2.23. The van der Waals surface area contributed by atoms with Crippen LogP contribution < -0.4 is 10.2 Å². The van der Waals surface area contributed by atoms with Gasteiger partial charge in [-0.3, -0.25) is 4.79 Å². The molecule has 0 radical (unpaired) electrons. The van der Waals surface area contributed by atoms with Crippen molar-refractivity contribution in [3.8, 4) is 11.3 Å². The Bertz CT molecular complexity index is 763. The average molecular weight is 385 g/mol. The van der Waals surface area contributed by atoms with Gasteiger partial charge in [0.25, 0.3) is 0 Å². The SMILES string of the molecule is CC(C)CNCC(=O)N1CCCN(c2ccc(-c3ccc(F)cc3)nn2)CC1. The molecule has 6 nitrogen and oxygen atoms in total. The van der Waals surface area contributed by atoms with Crippen LogP contribution >= 0.6 is 0 Å². The van der Waals surface area contributed by atoms with E-state index >= 15 is 0 Å². The van der Waals surface area contributed by atoms with Crippen LogP contribution in [0.5, 0.6) is 0 Å². The molecule has 7 heteroatoms. The number of carbonyl (C=O) groups excluding carboxylic acids is 1. The highest BCUT2D eigenvalue weighted by atomic mass is 19.1. The molecule has 1 aromatic carbocycles. The summed E-state index contributed by atoms with van der Waals surface area (Å²) in [5, 5.41) is 11.9. The van der Waals surface area contributed by atoms with Gasteiger partial charge in [0.05, 0.1) is 12.2 Å². The van der Waals surface area contributed by atoms with E-state index < -0.39 is 0 Å². The smallest absolute Gasteiger partial charge is 0.236 e. The van der Waals surface area contributed by atoms with Crippen molar-refractivity contribution in [1.82, 2.24) is 20.4 Å². The van der Waals surface area contributed by atoms with Gasteiger partial charge in [0.15, 0.2) is 5.82 Å².